The first-order valence-electron chi connectivity index (χ1n) is 5.41. The number of methoxy groups -OCH3 is 1. The van der Waals surface area contributed by atoms with Gasteiger partial charge < -0.3 is 15.8 Å². The van der Waals surface area contributed by atoms with Gasteiger partial charge in [0, 0.05) is 18.2 Å². The van der Waals surface area contributed by atoms with Crippen LogP contribution in [0.4, 0.5) is 0 Å². The predicted molar refractivity (Wildman–Crippen MR) is 71.3 cm³/mol. The van der Waals surface area contributed by atoms with Gasteiger partial charge in [-0.25, -0.2) is 4.99 Å². The molecule has 0 saturated carbocycles. The number of halogens is 1. The van der Waals surface area contributed by atoms with Crippen LogP contribution in [0.15, 0.2) is 29.3 Å². The average molecular weight is 256 g/mol. The van der Waals surface area contributed by atoms with Crippen LogP contribution in [0.5, 0.6) is 0 Å². The van der Waals surface area contributed by atoms with Gasteiger partial charge in [-0.1, -0.05) is 23.7 Å². The zero-order chi connectivity index (χ0) is 12.7. The van der Waals surface area contributed by atoms with Gasteiger partial charge in [0.15, 0.2) is 5.96 Å². The Morgan fingerprint density at radius 3 is 2.71 bits per heavy atom. The van der Waals surface area contributed by atoms with E-state index in [1.54, 1.807) is 7.11 Å². The third kappa shape index (κ3) is 5.56. The molecule has 1 aromatic carbocycles. The van der Waals surface area contributed by atoms with E-state index >= 15 is 0 Å². The molecule has 1 rings (SSSR count). The monoisotopic (exact) mass is 255 g/mol. The van der Waals surface area contributed by atoms with E-state index in [1.165, 1.54) is 0 Å². The Kier molecular flexibility index (Phi) is 5.80. The predicted octanol–water partition coefficient (Wildman–Crippen LogP) is 1.78. The van der Waals surface area contributed by atoms with Gasteiger partial charge in [0.25, 0.3) is 0 Å². The van der Waals surface area contributed by atoms with Crippen LogP contribution in [0.25, 0.3) is 0 Å². The van der Waals surface area contributed by atoms with Crippen LogP contribution in [0.1, 0.15) is 12.5 Å². The zero-order valence-electron chi connectivity index (χ0n) is 10.1. The van der Waals surface area contributed by atoms with Crippen LogP contribution in [-0.4, -0.2) is 25.7 Å². The number of hydrogen-bond donors (Lipinski definition) is 2. The molecule has 4 nitrogen and oxygen atoms in total. The van der Waals surface area contributed by atoms with Crippen molar-refractivity contribution < 1.29 is 4.74 Å². The number of guanidine groups is 1. The van der Waals surface area contributed by atoms with E-state index in [2.05, 4.69) is 10.3 Å². The Labute approximate surface area is 107 Å². The van der Waals surface area contributed by atoms with Crippen molar-refractivity contribution in [3.05, 3.63) is 34.9 Å². The van der Waals surface area contributed by atoms with Gasteiger partial charge in [-0.3, -0.25) is 0 Å². The molecule has 0 amide bonds. The summed E-state index contributed by atoms with van der Waals surface area (Å²) in [7, 11) is 1.65. The lowest BCUT2D eigenvalue weighted by Crippen LogP contribution is -2.40. The third-order valence-corrected chi connectivity index (χ3v) is 2.41. The number of nitrogens with two attached hydrogens (primary N) is 1. The molecule has 1 atom stereocenters. The van der Waals surface area contributed by atoms with Gasteiger partial charge in [0.05, 0.1) is 13.2 Å². The van der Waals surface area contributed by atoms with Gasteiger partial charge in [-0.05, 0) is 24.6 Å². The van der Waals surface area contributed by atoms with Gasteiger partial charge >= 0.3 is 0 Å². The number of benzene rings is 1. The minimum atomic E-state index is 0.147. The lowest BCUT2D eigenvalue weighted by molar-refractivity contribution is 0.179. The first-order chi connectivity index (χ1) is 8.11. The third-order valence-electron chi connectivity index (χ3n) is 2.16. The SMILES string of the molecule is COCC(C)NC(N)=NCc1ccc(Cl)cc1. The first-order valence-corrected chi connectivity index (χ1v) is 5.79. The van der Waals surface area contributed by atoms with Crippen molar-refractivity contribution in [3.63, 3.8) is 0 Å². The maximum atomic E-state index is 5.79. The highest BCUT2D eigenvalue weighted by Gasteiger charge is 2.01. The highest BCUT2D eigenvalue weighted by molar-refractivity contribution is 6.30. The molecular weight excluding hydrogens is 238 g/mol. The smallest absolute Gasteiger partial charge is 0.189 e. The Morgan fingerprint density at radius 1 is 1.47 bits per heavy atom. The van der Waals surface area contributed by atoms with Gasteiger partial charge in [0.1, 0.15) is 0 Å². The van der Waals surface area contributed by atoms with Crippen molar-refractivity contribution in [2.75, 3.05) is 13.7 Å². The number of hydrogen-bond acceptors (Lipinski definition) is 2. The van der Waals surface area contributed by atoms with E-state index in [-0.39, 0.29) is 6.04 Å². The molecule has 94 valence electrons. The number of rotatable bonds is 5. The molecule has 1 aromatic rings. The minimum Gasteiger partial charge on any atom is -0.383 e. The standard InChI is InChI=1S/C12H18ClN3O/c1-9(8-17-2)16-12(14)15-7-10-3-5-11(13)6-4-10/h3-6,9H,7-8H2,1-2H3,(H3,14,15,16). The molecular formula is C12H18ClN3O. The van der Waals surface area contributed by atoms with E-state index in [4.69, 9.17) is 22.1 Å². The first kappa shape index (κ1) is 13.8. The van der Waals surface area contributed by atoms with E-state index in [0.29, 0.717) is 19.1 Å². The molecule has 0 spiro atoms. The topological polar surface area (TPSA) is 59.6 Å². The Balaban J connectivity index is 2.44. The van der Waals surface area contributed by atoms with Gasteiger partial charge in [0.2, 0.25) is 0 Å². The van der Waals surface area contributed by atoms with Crippen molar-refractivity contribution >= 4 is 17.6 Å². The molecule has 1 unspecified atom stereocenters. The largest absolute Gasteiger partial charge is 0.383 e. The molecule has 3 N–H and O–H groups in total. The number of nitrogens with one attached hydrogen (secondary N) is 1. The molecule has 5 heteroatoms. The second-order valence-corrected chi connectivity index (χ2v) is 4.27. The molecule has 0 aliphatic heterocycles. The van der Waals surface area contributed by atoms with Crippen LogP contribution < -0.4 is 11.1 Å². The van der Waals surface area contributed by atoms with Crippen molar-refractivity contribution in [2.45, 2.75) is 19.5 Å². The summed E-state index contributed by atoms with van der Waals surface area (Å²) in [5.41, 5.74) is 6.81. The summed E-state index contributed by atoms with van der Waals surface area (Å²) in [6, 6.07) is 7.68. The second-order valence-electron chi connectivity index (χ2n) is 3.83. The Hall–Kier alpha value is -1.26. The summed E-state index contributed by atoms with van der Waals surface area (Å²) in [6.45, 7) is 3.11. The summed E-state index contributed by atoms with van der Waals surface area (Å²) < 4.78 is 4.99. The average Bonchev–Trinajstić information content (AvgIpc) is 2.28. The van der Waals surface area contributed by atoms with Crippen LogP contribution in [-0.2, 0) is 11.3 Å². The summed E-state index contributed by atoms with van der Waals surface area (Å²) in [5, 5.41) is 3.76. The maximum Gasteiger partial charge on any atom is 0.189 e. The number of nitrogens with zero attached hydrogens (tertiary/aromatic N) is 1. The van der Waals surface area contributed by atoms with Crippen LogP contribution in [0.2, 0.25) is 5.02 Å². The summed E-state index contributed by atoms with van der Waals surface area (Å²) in [5.74, 6) is 0.421. The molecule has 0 radical (unpaired) electrons. The maximum absolute atomic E-state index is 5.79. The van der Waals surface area contributed by atoms with Crippen LogP contribution >= 0.6 is 11.6 Å². The summed E-state index contributed by atoms with van der Waals surface area (Å²) in [6.07, 6.45) is 0. The number of aliphatic imine (C=N–C) groups is 1. The Morgan fingerprint density at radius 2 is 2.12 bits per heavy atom. The zero-order valence-corrected chi connectivity index (χ0v) is 10.9. The molecule has 0 fully saturated rings. The van der Waals surface area contributed by atoms with Crippen molar-refractivity contribution in [3.8, 4) is 0 Å². The lowest BCUT2D eigenvalue weighted by atomic mass is 10.2. The molecule has 0 aliphatic rings. The highest BCUT2D eigenvalue weighted by Crippen LogP contribution is 2.09. The van der Waals surface area contributed by atoms with E-state index in [1.807, 2.05) is 31.2 Å². The molecule has 0 aromatic heterocycles. The lowest BCUT2D eigenvalue weighted by Gasteiger charge is -2.12. The fourth-order valence-electron chi connectivity index (χ4n) is 1.36. The van der Waals surface area contributed by atoms with Crippen LogP contribution in [0, 0.1) is 0 Å². The van der Waals surface area contributed by atoms with Crippen molar-refractivity contribution in [1.82, 2.24) is 5.32 Å². The van der Waals surface area contributed by atoms with Gasteiger partial charge in [-0.2, -0.15) is 0 Å². The number of ether oxygens (including phenoxy) is 1. The van der Waals surface area contributed by atoms with E-state index in [9.17, 15) is 0 Å². The molecule has 0 saturated heterocycles. The minimum absolute atomic E-state index is 0.147. The summed E-state index contributed by atoms with van der Waals surface area (Å²) in [4.78, 5) is 4.23. The summed E-state index contributed by atoms with van der Waals surface area (Å²) >= 11 is 5.79. The normalized spacial score (nSPS) is 13.5. The highest BCUT2D eigenvalue weighted by atomic mass is 35.5. The van der Waals surface area contributed by atoms with E-state index < -0.39 is 0 Å². The van der Waals surface area contributed by atoms with Crippen molar-refractivity contribution in [2.24, 2.45) is 10.7 Å². The molecule has 17 heavy (non-hydrogen) atoms. The van der Waals surface area contributed by atoms with Crippen LogP contribution in [0.3, 0.4) is 0 Å². The quantitative estimate of drug-likeness (QED) is 0.623. The molecule has 0 bridgehead atoms. The van der Waals surface area contributed by atoms with Gasteiger partial charge in [-0.15, -0.1) is 0 Å². The second kappa shape index (κ2) is 7.14. The Bertz CT molecular complexity index is 365. The van der Waals surface area contributed by atoms with E-state index in [0.717, 1.165) is 10.6 Å². The fraction of sp³-hybridized carbons (Fsp3) is 0.417. The molecule has 0 heterocycles. The van der Waals surface area contributed by atoms with Crippen molar-refractivity contribution in [1.29, 1.82) is 0 Å². The molecule has 0 aliphatic carbocycles. The fourth-order valence-corrected chi connectivity index (χ4v) is 1.48.